The summed E-state index contributed by atoms with van der Waals surface area (Å²) in [6, 6.07) is 29.2. The number of aryl methyl sites for hydroxylation is 1. The SMILES string of the molecule is Cc1ccc2c(c1)c1cccc3ccc4c5ccccc5cc2c4c31. The maximum absolute atomic E-state index is 2.38. The monoisotopic (exact) mass is 316 g/mol. The first-order valence-corrected chi connectivity index (χ1v) is 8.80. The van der Waals surface area contributed by atoms with Gasteiger partial charge in [-0.25, -0.2) is 0 Å². The second-order valence-electron chi connectivity index (χ2n) is 7.09. The number of rotatable bonds is 0. The molecule has 0 heteroatoms. The van der Waals surface area contributed by atoms with Crippen LogP contribution in [0.25, 0.3) is 53.9 Å². The number of hydrogen-bond donors (Lipinski definition) is 0. The fourth-order valence-corrected chi connectivity index (χ4v) is 4.53. The van der Waals surface area contributed by atoms with Crippen LogP contribution in [-0.2, 0) is 0 Å². The molecule has 6 aromatic rings. The van der Waals surface area contributed by atoms with Gasteiger partial charge in [0.25, 0.3) is 0 Å². The van der Waals surface area contributed by atoms with Crippen molar-refractivity contribution >= 4 is 53.9 Å². The first kappa shape index (κ1) is 13.2. The topological polar surface area (TPSA) is 0 Å². The van der Waals surface area contributed by atoms with Gasteiger partial charge in [-0.2, -0.15) is 0 Å². The van der Waals surface area contributed by atoms with E-state index < -0.39 is 0 Å². The molecule has 116 valence electrons. The Balaban J connectivity index is 2.09. The molecule has 0 radical (unpaired) electrons. The Morgan fingerprint density at radius 3 is 2.16 bits per heavy atom. The van der Waals surface area contributed by atoms with Gasteiger partial charge in [-0.1, -0.05) is 78.4 Å². The molecule has 0 aliphatic rings. The summed E-state index contributed by atoms with van der Waals surface area (Å²) in [5.74, 6) is 0. The lowest BCUT2D eigenvalue weighted by atomic mass is 9.87. The number of hydrogen-bond acceptors (Lipinski definition) is 0. The summed E-state index contributed by atoms with van der Waals surface area (Å²) in [7, 11) is 0. The maximum Gasteiger partial charge on any atom is -0.00139 e. The summed E-state index contributed by atoms with van der Waals surface area (Å²) in [5.41, 5.74) is 1.31. The molecule has 6 aromatic carbocycles. The van der Waals surface area contributed by atoms with E-state index in [2.05, 4.69) is 85.8 Å². The average Bonchev–Trinajstić information content (AvgIpc) is 2.66. The molecule has 25 heavy (non-hydrogen) atoms. The largest absolute Gasteiger partial charge is 0.0616 e. The van der Waals surface area contributed by atoms with Crippen LogP contribution in [0.4, 0.5) is 0 Å². The van der Waals surface area contributed by atoms with Gasteiger partial charge >= 0.3 is 0 Å². The summed E-state index contributed by atoms with van der Waals surface area (Å²) >= 11 is 0. The second-order valence-corrected chi connectivity index (χ2v) is 7.09. The summed E-state index contributed by atoms with van der Waals surface area (Å²) in [4.78, 5) is 0. The lowest BCUT2D eigenvalue weighted by molar-refractivity contribution is 1.51. The van der Waals surface area contributed by atoms with E-state index in [0.717, 1.165) is 0 Å². The highest BCUT2D eigenvalue weighted by molar-refractivity contribution is 6.37. The van der Waals surface area contributed by atoms with Crippen molar-refractivity contribution in [2.24, 2.45) is 0 Å². The molecule has 0 aromatic heterocycles. The minimum Gasteiger partial charge on any atom is -0.0616 e. The summed E-state index contributed by atoms with van der Waals surface area (Å²) in [6.45, 7) is 2.18. The predicted octanol–water partition coefficient (Wildman–Crippen LogP) is 7.20. The van der Waals surface area contributed by atoms with Crippen LogP contribution in [0.15, 0.2) is 78.9 Å². The van der Waals surface area contributed by atoms with Crippen molar-refractivity contribution in [2.75, 3.05) is 0 Å². The fourth-order valence-electron chi connectivity index (χ4n) is 4.53. The van der Waals surface area contributed by atoms with Crippen LogP contribution < -0.4 is 0 Å². The van der Waals surface area contributed by atoms with Crippen LogP contribution in [0.3, 0.4) is 0 Å². The van der Waals surface area contributed by atoms with E-state index in [-0.39, 0.29) is 0 Å². The van der Waals surface area contributed by atoms with Gasteiger partial charge in [0.1, 0.15) is 0 Å². The van der Waals surface area contributed by atoms with Crippen LogP contribution in [-0.4, -0.2) is 0 Å². The van der Waals surface area contributed by atoms with Gasteiger partial charge < -0.3 is 0 Å². The third kappa shape index (κ3) is 1.62. The molecule has 0 bridgehead atoms. The third-order valence-corrected chi connectivity index (χ3v) is 5.62. The van der Waals surface area contributed by atoms with E-state index in [9.17, 15) is 0 Å². The lowest BCUT2D eigenvalue weighted by Gasteiger charge is -2.16. The Morgan fingerprint density at radius 1 is 0.440 bits per heavy atom. The molecule has 0 saturated carbocycles. The summed E-state index contributed by atoms with van der Waals surface area (Å²) in [6.07, 6.45) is 0. The highest BCUT2D eigenvalue weighted by Crippen LogP contribution is 2.43. The van der Waals surface area contributed by atoms with Crippen LogP contribution in [0.5, 0.6) is 0 Å². The van der Waals surface area contributed by atoms with Crippen LogP contribution in [0.2, 0.25) is 0 Å². The van der Waals surface area contributed by atoms with E-state index in [4.69, 9.17) is 0 Å². The van der Waals surface area contributed by atoms with Crippen molar-refractivity contribution in [3.8, 4) is 0 Å². The Hall–Kier alpha value is -3.12. The molecule has 6 rings (SSSR count). The highest BCUT2D eigenvalue weighted by atomic mass is 14.2. The first-order chi connectivity index (χ1) is 12.3. The molecule has 0 unspecified atom stereocenters. The molecule has 0 nitrogen and oxygen atoms in total. The zero-order valence-electron chi connectivity index (χ0n) is 14.0. The second kappa shape index (κ2) is 4.49. The molecular weight excluding hydrogens is 300 g/mol. The number of benzene rings is 6. The van der Waals surface area contributed by atoms with Crippen molar-refractivity contribution in [3.63, 3.8) is 0 Å². The van der Waals surface area contributed by atoms with Crippen molar-refractivity contribution in [1.29, 1.82) is 0 Å². The third-order valence-electron chi connectivity index (χ3n) is 5.62. The predicted molar refractivity (Wildman–Crippen MR) is 110 cm³/mol. The molecule has 0 heterocycles. The molecule has 0 spiro atoms. The van der Waals surface area contributed by atoms with Crippen molar-refractivity contribution in [1.82, 2.24) is 0 Å². The average molecular weight is 316 g/mol. The fraction of sp³-hybridized carbons (Fsp3) is 0.0400. The van der Waals surface area contributed by atoms with Crippen molar-refractivity contribution < 1.29 is 0 Å². The maximum atomic E-state index is 2.38. The van der Waals surface area contributed by atoms with Gasteiger partial charge in [-0.15, -0.1) is 0 Å². The van der Waals surface area contributed by atoms with Gasteiger partial charge in [0, 0.05) is 0 Å². The van der Waals surface area contributed by atoms with Crippen molar-refractivity contribution in [3.05, 3.63) is 84.4 Å². The van der Waals surface area contributed by atoms with E-state index in [1.54, 1.807) is 0 Å². The molecular formula is C25H16. The highest BCUT2D eigenvalue weighted by Gasteiger charge is 2.14. The van der Waals surface area contributed by atoms with Gasteiger partial charge in [0.15, 0.2) is 0 Å². The van der Waals surface area contributed by atoms with E-state index in [1.165, 1.54) is 59.4 Å². The lowest BCUT2D eigenvalue weighted by Crippen LogP contribution is -1.89. The Bertz CT molecular complexity index is 1440. The molecule has 0 fully saturated rings. The Morgan fingerprint density at radius 2 is 1.20 bits per heavy atom. The zero-order valence-corrected chi connectivity index (χ0v) is 14.0. The van der Waals surface area contributed by atoms with Crippen LogP contribution in [0, 0.1) is 6.92 Å². The van der Waals surface area contributed by atoms with Gasteiger partial charge in [0.2, 0.25) is 0 Å². The van der Waals surface area contributed by atoms with Crippen molar-refractivity contribution in [2.45, 2.75) is 6.92 Å². The quantitative estimate of drug-likeness (QED) is 0.205. The van der Waals surface area contributed by atoms with Gasteiger partial charge in [-0.05, 0) is 66.9 Å². The summed E-state index contributed by atoms with van der Waals surface area (Å²) < 4.78 is 0. The normalized spacial score (nSPS) is 12.2. The molecule has 0 amide bonds. The molecule has 0 N–H and O–H groups in total. The van der Waals surface area contributed by atoms with Crippen LogP contribution in [0.1, 0.15) is 5.56 Å². The zero-order chi connectivity index (χ0) is 16.5. The van der Waals surface area contributed by atoms with E-state index >= 15 is 0 Å². The molecule has 0 saturated heterocycles. The molecule has 0 atom stereocenters. The minimum atomic E-state index is 1.31. The Labute approximate surface area is 145 Å². The smallest absolute Gasteiger partial charge is 0.00139 e. The standard InChI is InChI=1S/C25H16/c1-15-9-11-19-22(13-15)20-8-4-6-16-10-12-21-18-7-3-2-5-17(18)14-23(19)25(21)24(16)20/h2-14H,1H3. The van der Waals surface area contributed by atoms with Gasteiger partial charge in [0.05, 0.1) is 0 Å². The van der Waals surface area contributed by atoms with E-state index in [1.807, 2.05) is 0 Å². The molecule has 0 aliphatic heterocycles. The number of fused-ring (bicyclic) bond motifs is 5. The minimum absolute atomic E-state index is 1.31. The molecule has 0 aliphatic carbocycles. The van der Waals surface area contributed by atoms with E-state index in [0.29, 0.717) is 0 Å². The first-order valence-electron chi connectivity index (χ1n) is 8.80. The van der Waals surface area contributed by atoms with Crippen LogP contribution >= 0.6 is 0 Å². The van der Waals surface area contributed by atoms with Gasteiger partial charge in [-0.3, -0.25) is 0 Å². The Kier molecular flexibility index (Phi) is 2.37. The summed E-state index contributed by atoms with van der Waals surface area (Å²) in [5, 5.41) is 13.6.